The molecule has 12 heteroatoms. The van der Waals surface area contributed by atoms with E-state index in [4.69, 9.17) is 21.6 Å². The van der Waals surface area contributed by atoms with Gasteiger partial charge < -0.3 is 20.1 Å². The van der Waals surface area contributed by atoms with E-state index in [1.54, 1.807) is 6.33 Å². The van der Waals surface area contributed by atoms with Gasteiger partial charge in [-0.25, -0.2) is 18.7 Å². The third kappa shape index (κ3) is 5.75. The van der Waals surface area contributed by atoms with Gasteiger partial charge in [-0.15, -0.1) is 0 Å². The molecule has 2 aliphatic carbocycles. The van der Waals surface area contributed by atoms with Crippen molar-refractivity contribution in [2.24, 2.45) is 0 Å². The Balaban J connectivity index is 1.16. The van der Waals surface area contributed by atoms with Gasteiger partial charge in [0.05, 0.1) is 44.8 Å². The number of alkyl halides is 1. The number of pyridine rings is 1. The highest BCUT2D eigenvalue weighted by Crippen LogP contribution is 2.50. The average molecular weight is 730 g/mol. The van der Waals surface area contributed by atoms with E-state index in [0.717, 1.165) is 48.8 Å². The maximum Gasteiger partial charge on any atom is 0.253 e. The summed E-state index contributed by atoms with van der Waals surface area (Å²) >= 11 is 6.34. The van der Waals surface area contributed by atoms with Crippen molar-refractivity contribution in [1.82, 2.24) is 24.8 Å². The summed E-state index contributed by atoms with van der Waals surface area (Å²) in [5, 5.41) is 5.80. The maximum absolute atomic E-state index is 15.6. The van der Waals surface area contributed by atoms with Gasteiger partial charge in [-0.2, -0.15) is 0 Å². The first-order valence-corrected chi connectivity index (χ1v) is 18.9. The first-order valence-electron chi connectivity index (χ1n) is 18.5. The van der Waals surface area contributed by atoms with Crippen molar-refractivity contribution in [2.75, 3.05) is 30.0 Å². The predicted octanol–water partition coefficient (Wildman–Crippen LogP) is 8.48. The molecule has 2 aliphatic heterocycles. The SMILES string of the molecule is CC(C)n1cnc2cc(-c3ccc4c(c3)N(C3CC(C)(N5CCCCC5)C3)C(=O)C4(C)C)nc(Nc3cc(C(=O)NC4(CF)CC4)c(Cl)cc3F)c21. The number of benzene rings is 2. The quantitative estimate of drug-likeness (QED) is 0.180. The van der Waals surface area contributed by atoms with Gasteiger partial charge in [-0.3, -0.25) is 14.5 Å². The fourth-order valence-electron chi connectivity index (χ4n) is 8.52. The molecule has 1 saturated heterocycles. The standard InChI is InChI=1S/C40H46ClF2N7O2/c1-23(2)49-22-44-32-18-30(45-35(34(32)49)46-31-16-26(28(41)17-29(31)43)36(51)47-40(21-42)11-12-40)24-9-10-27-33(15-24)50(37(52)38(27,3)4)25-19-39(5,20-25)48-13-7-6-8-14-48/h9-10,15-18,22-23,25H,6-8,11-14,19-21H2,1-5H3,(H,45,46)(H,47,51). The van der Waals surface area contributed by atoms with Crippen molar-refractivity contribution in [2.45, 2.75) is 108 Å². The van der Waals surface area contributed by atoms with Crippen molar-refractivity contribution in [3.8, 4) is 11.3 Å². The highest BCUT2D eigenvalue weighted by atomic mass is 35.5. The van der Waals surface area contributed by atoms with Gasteiger partial charge in [-0.05, 0) is 116 Å². The van der Waals surface area contributed by atoms with Crippen LogP contribution < -0.4 is 15.5 Å². The lowest BCUT2D eigenvalue weighted by atomic mass is 9.71. The molecule has 0 atom stereocenters. The molecule has 4 aliphatic rings. The molecule has 4 heterocycles. The number of likely N-dealkylation sites (tertiary alicyclic amines) is 1. The summed E-state index contributed by atoms with van der Waals surface area (Å²) < 4.78 is 31.1. The third-order valence-electron chi connectivity index (χ3n) is 12.0. The van der Waals surface area contributed by atoms with Gasteiger partial charge >= 0.3 is 0 Å². The predicted molar refractivity (Wildman–Crippen MR) is 201 cm³/mol. The molecule has 274 valence electrons. The van der Waals surface area contributed by atoms with Gasteiger partial charge in [0.2, 0.25) is 5.91 Å². The van der Waals surface area contributed by atoms with Crippen LogP contribution in [0.15, 0.2) is 42.7 Å². The fourth-order valence-corrected chi connectivity index (χ4v) is 8.76. The van der Waals surface area contributed by atoms with Crippen LogP contribution in [0.1, 0.15) is 102 Å². The van der Waals surface area contributed by atoms with Crippen molar-refractivity contribution < 1.29 is 18.4 Å². The lowest BCUT2D eigenvalue weighted by Crippen LogP contribution is -2.64. The van der Waals surface area contributed by atoms with Gasteiger partial charge in [0, 0.05) is 28.9 Å². The lowest BCUT2D eigenvalue weighted by Gasteiger charge is -2.55. The zero-order valence-corrected chi connectivity index (χ0v) is 31.2. The summed E-state index contributed by atoms with van der Waals surface area (Å²) in [6.45, 7) is 11.9. The van der Waals surface area contributed by atoms with Crippen LogP contribution in [0.25, 0.3) is 22.3 Å². The van der Waals surface area contributed by atoms with E-state index in [0.29, 0.717) is 35.4 Å². The number of hydrogen-bond donors (Lipinski definition) is 2. The van der Waals surface area contributed by atoms with Crippen LogP contribution in [-0.2, 0) is 10.2 Å². The molecule has 0 radical (unpaired) electrons. The number of hydrogen-bond acceptors (Lipinski definition) is 6. The zero-order valence-electron chi connectivity index (χ0n) is 30.5. The Morgan fingerprint density at radius 2 is 1.79 bits per heavy atom. The number of aromatic nitrogens is 3. The van der Waals surface area contributed by atoms with Gasteiger partial charge in [-0.1, -0.05) is 30.2 Å². The average Bonchev–Trinajstić information content (AvgIpc) is 3.68. The van der Waals surface area contributed by atoms with Crippen molar-refractivity contribution in [3.05, 3.63) is 64.7 Å². The molecular weight excluding hydrogens is 684 g/mol. The molecular formula is C40H46ClF2N7O2. The van der Waals surface area contributed by atoms with Crippen LogP contribution in [0, 0.1) is 5.82 Å². The Morgan fingerprint density at radius 3 is 2.46 bits per heavy atom. The van der Waals surface area contributed by atoms with E-state index < -0.39 is 29.4 Å². The lowest BCUT2D eigenvalue weighted by molar-refractivity contribution is -0.123. The molecule has 52 heavy (non-hydrogen) atoms. The van der Waals surface area contributed by atoms with E-state index in [-0.39, 0.29) is 39.8 Å². The van der Waals surface area contributed by atoms with Crippen LogP contribution in [0.5, 0.6) is 0 Å². The molecule has 0 unspecified atom stereocenters. The Kier molecular flexibility index (Phi) is 8.41. The Labute approximate surface area is 308 Å². The number of nitrogens with one attached hydrogen (secondary N) is 2. The number of piperidine rings is 1. The van der Waals surface area contributed by atoms with Gasteiger partial charge in [0.1, 0.15) is 18.0 Å². The highest BCUT2D eigenvalue weighted by molar-refractivity contribution is 6.34. The molecule has 3 fully saturated rings. The Morgan fingerprint density at radius 1 is 1.06 bits per heavy atom. The Hall–Kier alpha value is -4.09. The normalized spacial score (nSPS) is 23.5. The molecule has 2 aromatic carbocycles. The number of nitrogens with zero attached hydrogens (tertiary/aromatic N) is 5. The molecule has 2 saturated carbocycles. The van der Waals surface area contributed by atoms with Crippen molar-refractivity contribution >= 4 is 51.6 Å². The minimum atomic E-state index is -0.884. The van der Waals surface area contributed by atoms with Crippen LogP contribution in [-0.4, -0.2) is 68.1 Å². The van der Waals surface area contributed by atoms with E-state index in [1.165, 1.54) is 25.3 Å². The minimum absolute atomic E-state index is 0.00341. The van der Waals surface area contributed by atoms with Crippen LogP contribution in [0.3, 0.4) is 0 Å². The second-order valence-electron chi connectivity index (χ2n) is 16.4. The summed E-state index contributed by atoms with van der Waals surface area (Å²) in [6.07, 6.45) is 8.43. The van der Waals surface area contributed by atoms with Crippen molar-refractivity contribution in [3.63, 3.8) is 0 Å². The molecule has 4 aromatic rings. The number of imidazole rings is 1. The molecule has 2 amide bonds. The largest absolute Gasteiger partial charge is 0.344 e. The van der Waals surface area contributed by atoms with Gasteiger partial charge in [0.15, 0.2) is 5.82 Å². The van der Waals surface area contributed by atoms with E-state index in [1.807, 2.05) is 55.4 Å². The molecule has 8 rings (SSSR count). The second-order valence-corrected chi connectivity index (χ2v) is 16.8. The van der Waals surface area contributed by atoms with E-state index in [9.17, 15) is 14.0 Å². The molecule has 2 aromatic heterocycles. The summed E-state index contributed by atoms with van der Waals surface area (Å²) in [7, 11) is 0. The summed E-state index contributed by atoms with van der Waals surface area (Å²) in [4.78, 5) is 41.6. The molecule has 0 bridgehead atoms. The molecule has 9 nitrogen and oxygen atoms in total. The van der Waals surface area contributed by atoms with E-state index >= 15 is 4.39 Å². The first kappa shape index (κ1) is 35.0. The fraction of sp³-hybridized carbons (Fsp3) is 0.500. The molecule has 2 N–H and O–H groups in total. The number of anilines is 3. The zero-order chi connectivity index (χ0) is 36.7. The second kappa shape index (κ2) is 12.5. The van der Waals surface area contributed by atoms with E-state index in [2.05, 4.69) is 28.5 Å². The smallest absolute Gasteiger partial charge is 0.253 e. The number of rotatable bonds is 9. The highest BCUT2D eigenvalue weighted by Gasteiger charge is 2.54. The number of carbonyl (C=O) groups excluding carboxylic acids is 2. The van der Waals surface area contributed by atoms with Crippen molar-refractivity contribution in [1.29, 1.82) is 0 Å². The maximum atomic E-state index is 15.6. The summed E-state index contributed by atoms with van der Waals surface area (Å²) in [5.74, 6) is -0.775. The monoisotopic (exact) mass is 729 g/mol. The number of carbonyl (C=O) groups is 2. The number of amides is 2. The number of fused-ring (bicyclic) bond motifs is 2. The minimum Gasteiger partial charge on any atom is -0.344 e. The van der Waals surface area contributed by atoms with Crippen LogP contribution in [0.4, 0.5) is 26.0 Å². The number of halogens is 3. The molecule has 0 spiro atoms. The van der Waals surface area contributed by atoms with Crippen LogP contribution >= 0.6 is 11.6 Å². The van der Waals surface area contributed by atoms with Gasteiger partial charge in [0.25, 0.3) is 5.91 Å². The summed E-state index contributed by atoms with van der Waals surface area (Å²) in [6, 6.07) is 10.5. The van der Waals surface area contributed by atoms with Crippen LogP contribution in [0.2, 0.25) is 5.02 Å². The first-order chi connectivity index (χ1) is 24.7. The third-order valence-corrected chi connectivity index (χ3v) is 12.3. The Bertz CT molecular complexity index is 2100. The topological polar surface area (TPSA) is 95.4 Å². The summed E-state index contributed by atoms with van der Waals surface area (Å²) in [5.41, 5.74) is 3.20.